The first kappa shape index (κ1) is 27.1. The van der Waals surface area contributed by atoms with E-state index in [2.05, 4.69) is 19.9 Å². The van der Waals surface area contributed by atoms with E-state index in [0.717, 1.165) is 13.8 Å². The number of nitrogens with zero attached hydrogens (tertiary/aromatic N) is 6. The molecule has 3 aliphatic rings. The Kier molecular flexibility index (Phi) is 6.08. The normalized spacial score (nSPS) is 19.5. The summed E-state index contributed by atoms with van der Waals surface area (Å²) >= 11 is 6.24. The van der Waals surface area contributed by atoms with Crippen LogP contribution in [-0.2, 0) is 13.1 Å². The van der Waals surface area contributed by atoms with Crippen molar-refractivity contribution in [3.8, 4) is 11.4 Å². The smallest absolute Gasteiger partial charge is 0.402 e. The number of benzene rings is 1. The van der Waals surface area contributed by atoms with E-state index in [1.165, 1.54) is 23.2 Å². The summed E-state index contributed by atoms with van der Waals surface area (Å²) in [7, 11) is 0. The van der Waals surface area contributed by atoms with Crippen molar-refractivity contribution in [2.75, 3.05) is 18.0 Å². The van der Waals surface area contributed by atoms with E-state index in [1.54, 1.807) is 23.1 Å². The second kappa shape index (κ2) is 8.97. The van der Waals surface area contributed by atoms with Crippen molar-refractivity contribution >= 4 is 17.4 Å². The standard InChI is InChI=1S/C26H25ClF6N6O/c1-23(2,25(28,29)30)38-11-15-8-17(27)5-6-18(15)39-20(12-38)35-36-21(39)16-9-24(10-16)13-37(14-24)22-19(4-3-7-34-22)40-26(31,32)33/h3-8,16H,9-14H2,1-2H3. The molecule has 14 heteroatoms. The van der Waals surface area contributed by atoms with Crippen LogP contribution < -0.4 is 9.64 Å². The lowest BCUT2D eigenvalue weighted by molar-refractivity contribution is -0.274. The maximum absolute atomic E-state index is 14.0. The van der Waals surface area contributed by atoms with E-state index < -0.39 is 18.1 Å². The topological polar surface area (TPSA) is 59.3 Å². The Bertz CT molecular complexity index is 1440. The molecule has 0 amide bonds. The SMILES string of the molecule is CC(C)(N1Cc2cc(Cl)ccc2-n2c(nnc2C2CC3(C2)CN(c2ncccc2OC(F)(F)F)C3)C1)C(F)(F)F. The van der Waals surface area contributed by atoms with Gasteiger partial charge < -0.3 is 9.64 Å². The molecule has 2 aromatic heterocycles. The molecular formula is C26H25ClF6N6O. The summed E-state index contributed by atoms with van der Waals surface area (Å²) < 4.78 is 86.5. The third-order valence-corrected chi connectivity index (χ3v) is 8.50. The summed E-state index contributed by atoms with van der Waals surface area (Å²) in [5.41, 5.74) is -0.911. The second-order valence-electron chi connectivity index (χ2n) is 11.3. The summed E-state index contributed by atoms with van der Waals surface area (Å²) in [5.74, 6) is 0.859. The molecule has 3 aromatic rings. The van der Waals surface area contributed by atoms with Crippen molar-refractivity contribution in [2.45, 2.75) is 63.8 Å². The molecule has 2 aliphatic heterocycles. The highest BCUT2D eigenvalue weighted by Crippen LogP contribution is 2.57. The van der Waals surface area contributed by atoms with Gasteiger partial charge in [0.05, 0.1) is 12.2 Å². The average molecular weight is 587 g/mol. The van der Waals surface area contributed by atoms with Crippen molar-refractivity contribution in [1.29, 1.82) is 0 Å². The van der Waals surface area contributed by atoms with Crippen molar-refractivity contribution in [1.82, 2.24) is 24.6 Å². The molecule has 2 fully saturated rings. The number of aromatic nitrogens is 4. The van der Waals surface area contributed by atoms with Crippen LogP contribution in [0.4, 0.5) is 32.2 Å². The van der Waals surface area contributed by atoms with Crippen LogP contribution in [0.15, 0.2) is 36.5 Å². The molecule has 1 saturated heterocycles. The van der Waals surface area contributed by atoms with Gasteiger partial charge in [0.15, 0.2) is 17.4 Å². The van der Waals surface area contributed by atoms with Crippen molar-refractivity contribution in [3.63, 3.8) is 0 Å². The van der Waals surface area contributed by atoms with Crippen LogP contribution in [0.2, 0.25) is 5.02 Å². The highest BCUT2D eigenvalue weighted by molar-refractivity contribution is 6.30. The van der Waals surface area contributed by atoms with E-state index in [0.29, 0.717) is 53.9 Å². The summed E-state index contributed by atoms with van der Waals surface area (Å²) in [6.45, 7) is 3.29. The highest BCUT2D eigenvalue weighted by Gasteiger charge is 2.56. The fraction of sp³-hybridized carbons (Fsp3) is 0.500. The number of anilines is 1. The van der Waals surface area contributed by atoms with Gasteiger partial charge in [0, 0.05) is 42.2 Å². The van der Waals surface area contributed by atoms with E-state index in [1.807, 2.05) is 4.57 Å². The zero-order valence-electron chi connectivity index (χ0n) is 21.5. The van der Waals surface area contributed by atoms with Crippen LogP contribution >= 0.6 is 11.6 Å². The molecule has 7 nitrogen and oxygen atoms in total. The largest absolute Gasteiger partial charge is 0.573 e. The molecule has 214 valence electrons. The molecule has 0 unspecified atom stereocenters. The van der Waals surface area contributed by atoms with Crippen molar-refractivity contribution in [3.05, 3.63) is 58.8 Å². The Balaban J connectivity index is 1.24. The zero-order chi connectivity index (χ0) is 28.7. The van der Waals surface area contributed by atoms with Gasteiger partial charge in [-0.3, -0.25) is 9.47 Å². The Hall–Kier alpha value is -3.06. The van der Waals surface area contributed by atoms with Gasteiger partial charge in [-0.15, -0.1) is 23.4 Å². The van der Waals surface area contributed by atoms with Crippen LogP contribution in [0, 0.1) is 5.41 Å². The number of hydrogen-bond donors (Lipinski definition) is 0. The number of hydrogen-bond acceptors (Lipinski definition) is 6. The third kappa shape index (κ3) is 4.56. The lowest BCUT2D eigenvalue weighted by Gasteiger charge is -2.59. The van der Waals surface area contributed by atoms with E-state index in [9.17, 15) is 26.3 Å². The quantitative estimate of drug-likeness (QED) is 0.337. The van der Waals surface area contributed by atoms with Gasteiger partial charge in [0.1, 0.15) is 11.4 Å². The lowest BCUT2D eigenvalue weighted by atomic mass is 9.57. The molecule has 6 rings (SSSR count). The first-order valence-electron chi connectivity index (χ1n) is 12.7. The van der Waals surface area contributed by atoms with Crippen LogP contribution in [0.3, 0.4) is 0 Å². The predicted molar refractivity (Wildman–Crippen MR) is 133 cm³/mol. The Morgan fingerprint density at radius 3 is 2.40 bits per heavy atom. The maximum atomic E-state index is 14.0. The number of fused-ring (bicyclic) bond motifs is 3. The molecule has 1 saturated carbocycles. The summed E-state index contributed by atoms with van der Waals surface area (Å²) in [5, 5.41) is 9.15. The van der Waals surface area contributed by atoms with Crippen LogP contribution in [0.5, 0.6) is 5.75 Å². The Morgan fingerprint density at radius 1 is 1.00 bits per heavy atom. The minimum Gasteiger partial charge on any atom is -0.402 e. The molecule has 1 aromatic carbocycles. The molecule has 0 N–H and O–H groups in total. The van der Waals surface area contributed by atoms with Crippen molar-refractivity contribution in [2.24, 2.45) is 5.41 Å². The van der Waals surface area contributed by atoms with Gasteiger partial charge >= 0.3 is 12.5 Å². The van der Waals surface area contributed by atoms with Crippen molar-refractivity contribution < 1.29 is 31.1 Å². The van der Waals surface area contributed by atoms with Crippen LogP contribution in [-0.4, -0.2) is 55.8 Å². The summed E-state index contributed by atoms with van der Waals surface area (Å²) in [6.07, 6.45) is -6.45. The number of halogens is 7. The molecule has 0 radical (unpaired) electrons. The number of pyridine rings is 1. The van der Waals surface area contributed by atoms with E-state index >= 15 is 0 Å². The highest BCUT2D eigenvalue weighted by atomic mass is 35.5. The lowest BCUT2D eigenvalue weighted by Crippen LogP contribution is -2.62. The van der Waals surface area contributed by atoms with Gasteiger partial charge in [-0.1, -0.05) is 11.6 Å². The van der Waals surface area contributed by atoms with Gasteiger partial charge in [-0.2, -0.15) is 13.2 Å². The Labute approximate surface area is 230 Å². The monoisotopic (exact) mass is 586 g/mol. The van der Waals surface area contributed by atoms with E-state index in [4.69, 9.17) is 11.6 Å². The van der Waals surface area contributed by atoms with Crippen LogP contribution in [0.1, 0.15) is 49.8 Å². The second-order valence-corrected chi connectivity index (χ2v) is 11.8. The minimum atomic E-state index is -4.82. The summed E-state index contributed by atoms with van der Waals surface area (Å²) in [6, 6.07) is 7.77. The van der Waals surface area contributed by atoms with Gasteiger partial charge in [-0.05, 0) is 62.6 Å². The predicted octanol–water partition coefficient (Wildman–Crippen LogP) is 6.25. The van der Waals surface area contributed by atoms with Crippen LogP contribution in [0.25, 0.3) is 5.69 Å². The third-order valence-electron chi connectivity index (χ3n) is 8.27. The molecular weight excluding hydrogens is 562 g/mol. The van der Waals surface area contributed by atoms with E-state index in [-0.39, 0.29) is 36.0 Å². The molecule has 40 heavy (non-hydrogen) atoms. The first-order valence-corrected chi connectivity index (χ1v) is 13.0. The fourth-order valence-corrected chi connectivity index (χ4v) is 6.22. The van der Waals surface area contributed by atoms with Gasteiger partial charge in [0.25, 0.3) is 0 Å². The molecule has 0 bridgehead atoms. The number of alkyl halides is 6. The fourth-order valence-electron chi connectivity index (χ4n) is 6.03. The summed E-state index contributed by atoms with van der Waals surface area (Å²) in [4.78, 5) is 7.19. The average Bonchev–Trinajstić information content (AvgIpc) is 3.11. The molecule has 1 spiro atoms. The zero-order valence-corrected chi connectivity index (χ0v) is 22.3. The maximum Gasteiger partial charge on any atom is 0.573 e. The minimum absolute atomic E-state index is 0.0104. The Morgan fingerprint density at radius 2 is 1.73 bits per heavy atom. The molecule has 1 aliphatic carbocycles. The number of rotatable bonds is 4. The number of ether oxygens (including phenoxy) is 1. The van der Waals surface area contributed by atoms with Gasteiger partial charge in [0.2, 0.25) is 0 Å². The molecule has 0 atom stereocenters. The van der Waals surface area contributed by atoms with Gasteiger partial charge in [-0.25, -0.2) is 4.98 Å². The first-order chi connectivity index (χ1) is 18.7. The molecule has 4 heterocycles.